The lowest BCUT2D eigenvalue weighted by Crippen LogP contribution is -2.43. The molecule has 2 rings (SSSR count). The summed E-state index contributed by atoms with van der Waals surface area (Å²) in [5, 5.41) is 4.41. The molecule has 1 heterocycles. The second-order valence-corrected chi connectivity index (χ2v) is 3.57. The van der Waals surface area contributed by atoms with E-state index in [4.69, 9.17) is 5.73 Å². The molecule has 3 heteroatoms. The highest BCUT2D eigenvalue weighted by atomic mass is 15.3. The summed E-state index contributed by atoms with van der Waals surface area (Å²) in [6.45, 7) is 3.01. The Labute approximate surface area is 72.6 Å². The maximum absolute atomic E-state index is 6.12. The third-order valence-corrected chi connectivity index (χ3v) is 2.72. The van der Waals surface area contributed by atoms with Crippen LogP contribution in [0.1, 0.15) is 31.9 Å². The van der Waals surface area contributed by atoms with Gasteiger partial charge in [0.15, 0.2) is 0 Å². The standard InChI is InChI=1S/C9H15N3/c1-2-12-7-4-8(11-12)9(10)5-3-6-9/h4,7H,2-3,5-6,10H2,1H3. The average molecular weight is 165 g/mol. The Morgan fingerprint density at radius 2 is 2.42 bits per heavy atom. The third-order valence-electron chi connectivity index (χ3n) is 2.72. The molecule has 0 amide bonds. The van der Waals surface area contributed by atoms with Crippen LogP contribution in [-0.4, -0.2) is 9.78 Å². The van der Waals surface area contributed by atoms with Crippen molar-refractivity contribution in [3.05, 3.63) is 18.0 Å². The van der Waals surface area contributed by atoms with Crippen molar-refractivity contribution in [2.75, 3.05) is 0 Å². The molecule has 0 saturated heterocycles. The van der Waals surface area contributed by atoms with Crippen LogP contribution in [0.4, 0.5) is 0 Å². The predicted octanol–water partition coefficient (Wildman–Crippen LogP) is 1.24. The summed E-state index contributed by atoms with van der Waals surface area (Å²) in [6, 6.07) is 2.04. The van der Waals surface area contributed by atoms with E-state index in [9.17, 15) is 0 Å². The first-order valence-corrected chi connectivity index (χ1v) is 4.57. The summed E-state index contributed by atoms with van der Waals surface area (Å²) >= 11 is 0. The molecule has 12 heavy (non-hydrogen) atoms. The van der Waals surface area contributed by atoms with Gasteiger partial charge in [-0.1, -0.05) is 0 Å². The zero-order valence-electron chi connectivity index (χ0n) is 7.45. The van der Waals surface area contributed by atoms with Gasteiger partial charge in [0.05, 0.1) is 11.2 Å². The van der Waals surface area contributed by atoms with Crippen molar-refractivity contribution >= 4 is 0 Å². The molecule has 0 atom stereocenters. The highest BCUT2D eigenvalue weighted by Gasteiger charge is 2.36. The smallest absolute Gasteiger partial charge is 0.0823 e. The molecule has 1 saturated carbocycles. The molecular formula is C9H15N3. The Balaban J connectivity index is 2.22. The lowest BCUT2D eigenvalue weighted by Gasteiger charge is -2.36. The van der Waals surface area contributed by atoms with Gasteiger partial charge in [0.2, 0.25) is 0 Å². The SMILES string of the molecule is CCn1ccc(C2(N)CCC2)n1. The summed E-state index contributed by atoms with van der Waals surface area (Å²) in [5.41, 5.74) is 7.08. The fraction of sp³-hybridized carbons (Fsp3) is 0.667. The molecule has 1 fully saturated rings. The largest absolute Gasteiger partial charge is 0.320 e. The van der Waals surface area contributed by atoms with Crippen molar-refractivity contribution in [3.63, 3.8) is 0 Å². The number of hydrogen-bond acceptors (Lipinski definition) is 2. The van der Waals surface area contributed by atoms with Crippen LogP contribution in [0.15, 0.2) is 12.3 Å². The molecule has 0 bridgehead atoms. The Morgan fingerprint density at radius 1 is 1.67 bits per heavy atom. The summed E-state index contributed by atoms with van der Waals surface area (Å²) in [5.74, 6) is 0. The number of nitrogens with zero attached hydrogens (tertiary/aromatic N) is 2. The minimum absolute atomic E-state index is 0.0968. The second-order valence-electron chi connectivity index (χ2n) is 3.57. The van der Waals surface area contributed by atoms with Gasteiger partial charge < -0.3 is 5.73 Å². The number of aromatic nitrogens is 2. The predicted molar refractivity (Wildman–Crippen MR) is 47.6 cm³/mol. The second kappa shape index (κ2) is 2.59. The molecule has 0 unspecified atom stereocenters. The summed E-state index contributed by atoms with van der Waals surface area (Å²) < 4.78 is 1.93. The molecule has 0 spiro atoms. The lowest BCUT2D eigenvalue weighted by atomic mass is 9.75. The van der Waals surface area contributed by atoms with Crippen LogP contribution in [0.5, 0.6) is 0 Å². The summed E-state index contributed by atoms with van der Waals surface area (Å²) in [6.07, 6.45) is 5.43. The Morgan fingerprint density at radius 3 is 2.83 bits per heavy atom. The monoisotopic (exact) mass is 165 g/mol. The summed E-state index contributed by atoms with van der Waals surface area (Å²) in [4.78, 5) is 0. The van der Waals surface area contributed by atoms with Gasteiger partial charge in [-0.25, -0.2) is 0 Å². The molecule has 1 aromatic rings. The van der Waals surface area contributed by atoms with E-state index >= 15 is 0 Å². The molecule has 0 aromatic carbocycles. The normalized spacial score (nSPS) is 20.5. The van der Waals surface area contributed by atoms with Gasteiger partial charge in [0.25, 0.3) is 0 Å². The van der Waals surface area contributed by atoms with Gasteiger partial charge in [-0.2, -0.15) is 5.10 Å². The minimum atomic E-state index is -0.0968. The molecule has 0 radical (unpaired) electrons. The first kappa shape index (κ1) is 7.80. The van der Waals surface area contributed by atoms with E-state index in [0.717, 1.165) is 25.1 Å². The third kappa shape index (κ3) is 1.05. The molecule has 2 N–H and O–H groups in total. The van der Waals surface area contributed by atoms with E-state index < -0.39 is 0 Å². The molecule has 3 nitrogen and oxygen atoms in total. The van der Waals surface area contributed by atoms with E-state index in [1.807, 2.05) is 16.9 Å². The molecule has 1 aromatic heterocycles. The van der Waals surface area contributed by atoms with Crippen LogP contribution in [0, 0.1) is 0 Å². The minimum Gasteiger partial charge on any atom is -0.320 e. The van der Waals surface area contributed by atoms with Crippen molar-refractivity contribution in [2.45, 2.75) is 38.3 Å². The van der Waals surface area contributed by atoms with Gasteiger partial charge in [0, 0.05) is 12.7 Å². The lowest BCUT2D eigenvalue weighted by molar-refractivity contribution is 0.244. The topological polar surface area (TPSA) is 43.8 Å². The fourth-order valence-corrected chi connectivity index (χ4v) is 1.62. The summed E-state index contributed by atoms with van der Waals surface area (Å²) in [7, 11) is 0. The van der Waals surface area contributed by atoms with E-state index in [1.165, 1.54) is 6.42 Å². The van der Waals surface area contributed by atoms with Crippen molar-refractivity contribution < 1.29 is 0 Å². The quantitative estimate of drug-likeness (QED) is 0.716. The van der Waals surface area contributed by atoms with Gasteiger partial charge in [-0.3, -0.25) is 4.68 Å². The average Bonchev–Trinajstić information content (AvgIpc) is 2.48. The Bertz CT molecular complexity index is 273. The molecular weight excluding hydrogens is 150 g/mol. The van der Waals surface area contributed by atoms with Crippen LogP contribution in [0.2, 0.25) is 0 Å². The molecule has 1 aliphatic rings. The van der Waals surface area contributed by atoms with E-state index in [-0.39, 0.29) is 5.54 Å². The van der Waals surface area contributed by atoms with Gasteiger partial charge in [-0.05, 0) is 32.3 Å². The maximum atomic E-state index is 6.12. The van der Waals surface area contributed by atoms with E-state index in [1.54, 1.807) is 0 Å². The highest BCUT2D eigenvalue weighted by molar-refractivity contribution is 5.16. The van der Waals surface area contributed by atoms with Crippen molar-refractivity contribution in [1.82, 2.24) is 9.78 Å². The number of nitrogens with two attached hydrogens (primary N) is 1. The maximum Gasteiger partial charge on any atom is 0.0823 e. The van der Waals surface area contributed by atoms with Crippen LogP contribution in [0.3, 0.4) is 0 Å². The molecule has 0 aliphatic heterocycles. The first-order chi connectivity index (χ1) is 5.74. The van der Waals surface area contributed by atoms with Gasteiger partial charge in [-0.15, -0.1) is 0 Å². The number of aryl methyl sites for hydroxylation is 1. The number of hydrogen-bond donors (Lipinski definition) is 1. The van der Waals surface area contributed by atoms with Crippen molar-refractivity contribution in [2.24, 2.45) is 5.73 Å². The fourth-order valence-electron chi connectivity index (χ4n) is 1.62. The molecule has 1 aliphatic carbocycles. The van der Waals surface area contributed by atoms with Gasteiger partial charge in [0.1, 0.15) is 0 Å². The van der Waals surface area contributed by atoms with Crippen LogP contribution in [0.25, 0.3) is 0 Å². The molecule has 66 valence electrons. The van der Waals surface area contributed by atoms with E-state index in [2.05, 4.69) is 12.0 Å². The zero-order valence-corrected chi connectivity index (χ0v) is 7.45. The Kier molecular flexibility index (Phi) is 1.68. The van der Waals surface area contributed by atoms with Gasteiger partial charge >= 0.3 is 0 Å². The van der Waals surface area contributed by atoms with Crippen LogP contribution in [-0.2, 0) is 12.1 Å². The van der Waals surface area contributed by atoms with Crippen molar-refractivity contribution in [3.8, 4) is 0 Å². The zero-order chi connectivity index (χ0) is 8.60. The van der Waals surface area contributed by atoms with Crippen molar-refractivity contribution in [1.29, 1.82) is 0 Å². The van der Waals surface area contributed by atoms with E-state index in [0.29, 0.717) is 0 Å². The first-order valence-electron chi connectivity index (χ1n) is 4.57. The number of rotatable bonds is 2. The van der Waals surface area contributed by atoms with Crippen LogP contribution < -0.4 is 5.73 Å². The Hall–Kier alpha value is -0.830. The van der Waals surface area contributed by atoms with Crippen LogP contribution >= 0.6 is 0 Å². The highest BCUT2D eigenvalue weighted by Crippen LogP contribution is 2.37.